The van der Waals surface area contributed by atoms with E-state index in [0.29, 0.717) is 11.8 Å². The van der Waals surface area contributed by atoms with Crippen LogP contribution in [0.1, 0.15) is 5.56 Å². The van der Waals surface area contributed by atoms with Crippen molar-refractivity contribution in [2.24, 2.45) is 0 Å². The summed E-state index contributed by atoms with van der Waals surface area (Å²) in [7, 11) is 1.44. The average molecular weight is 257 g/mol. The fourth-order valence-electron chi connectivity index (χ4n) is 1.09. The van der Waals surface area contributed by atoms with Crippen LogP contribution in [0.4, 0.5) is 0 Å². The fourth-order valence-corrected chi connectivity index (χ4v) is 1.35. The Morgan fingerprint density at radius 2 is 2.00 bits per heavy atom. The van der Waals surface area contributed by atoms with Crippen molar-refractivity contribution in [3.8, 4) is 5.75 Å². The number of benzene rings is 1. The van der Waals surface area contributed by atoms with Gasteiger partial charge < -0.3 is 14.9 Å². The molecule has 0 aliphatic carbocycles. The fraction of sp³-hybridized carbons (Fsp3) is 0.0909. The molecule has 0 aliphatic heterocycles. The lowest BCUT2D eigenvalue weighted by molar-refractivity contribution is -0.146. The SMILES string of the molecule is COc1ccc(C(O)=CC(=O)C(=O)O)cc1Cl. The molecular weight excluding hydrogens is 248 g/mol. The number of hydrogen-bond acceptors (Lipinski definition) is 4. The molecule has 0 aromatic heterocycles. The molecule has 6 heteroatoms. The number of aliphatic hydroxyl groups is 1. The van der Waals surface area contributed by atoms with Crippen LogP contribution in [-0.4, -0.2) is 29.1 Å². The third-order valence-electron chi connectivity index (χ3n) is 1.93. The van der Waals surface area contributed by atoms with Crippen LogP contribution < -0.4 is 4.74 Å². The highest BCUT2D eigenvalue weighted by Gasteiger charge is 2.11. The number of rotatable bonds is 4. The highest BCUT2D eigenvalue weighted by atomic mass is 35.5. The second-order valence-electron chi connectivity index (χ2n) is 3.05. The number of hydrogen-bond donors (Lipinski definition) is 2. The molecule has 1 aromatic carbocycles. The normalized spacial score (nSPS) is 11.1. The van der Waals surface area contributed by atoms with Crippen molar-refractivity contribution in [3.05, 3.63) is 34.9 Å². The number of carbonyl (C=O) groups excluding carboxylic acids is 1. The van der Waals surface area contributed by atoms with Gasteiger partial charge in [0.05, 0.1) is 12.1 Å². The molecule has 2 N–H and O–H groups in total. The minimum atomic E-state index is -1.64. The second-order valence-corrected chi connectivity index (χ2v) is 3.46. The summed E-state index contributed by atoms with van der Waals surface area (Å²) in [6, 6.07) is 4.31. The third kappa shape index (κ3) is 3.22. The first kappa shape index (κ1) is 13.1. The number of ketones is 1. The lowest BCUT2D eigenvalue weighted by Crippen LogP contribution is -2.09. The van der Waals surface area contributed by atoms with Gasteiger partial charge in [0.25, 0.3) is 5.78 Å². The predicted molar refractivity (Wildman–Crippen MR) is 61.3 cm³/mol. The van der Waals surface area contributed by atoms with Crippen molar-refractivity contribution >= 4 is 29.1 Å². The van der Waals surface area contributed by atoms with Crippen LogP contribution in [0.25, 0.3) is 5.76 Å². The monoisotopic (exact) mass is 256 g/mol. The molecule has 0 spiro atoms. The Balaban J connectivity index is 3.05. The van der Waals surface area contributed by atoms with Crippen molar-refractivity contribution in [1.82, 2.24) is 0 Å². The summed E-state index contributed by atoms with van der Waals surface area (Å²) in [6.07, 6.45) is 0.612. The zero-order valence-electron chi connectivity index (χ0n) is 8.81. The number of carboxylic acid groups (broad SMARTS) is 1. The molecule has 0 unspecified atom stereocenters. The van der Waals surface area contributed by atoms with Crippen LogP contribution in [-0.2, 0) is 9.59 Å². The van der Waals surface area contributed by atoms with E-state index in [9.17, 15) is 14.7 Å². The second kappa shape index (κ2) is 5.36. The van der Waals surface area contributed by atoms with E-state index >= 15 is 0 Å². The molecule has 0 saturated heterocycles. The van der Waals surface area contributed by atoms with E-state index in [1.807, 2.05) is 0 Å². The summed E-state index contributed by atoms with van der Waals surface area (Å²) in [5.74, 6) is -2.92. The summed E-state index contributed by atoms with van der Waals surface area (Å²) in [5, 5.41) is 18.1. The van der Waals surface area contributed by atoms with Gasteiger partial charge in [0, 0.05) is 11.6 Å². The Hall–Kier alpha value is -2.01. The summed E-state index contributed by atoms with van der Waals surface area (Å²) < 4.78 is 4.90. The number of ether oxygens (including phenoxy) is 1. The van der Waals surface area contributed by atoms with Gasteiger partial charge in [-0.3, -0.25) is 4.79 Å². The number of methoxy groups -OCH3 is 1. The van der Waals surface area contributed by atoms with E-state index in [1.54, 1.807) is 0 Å². The maximum atomic E-state index is 10.8. The van der Waals surface area contributed by atoms with Crippen molar-refractivity contribution in [3.63, 3.8) is 0 Å². The molecular formula is C11H9ClO5. The Morgan fingerprint density at radius 1 is 1.35 bits per heavy atom. The van der Waals surface area contributed by atoms with Gasteiger partial charge in [-0.15, -0.1) is 0 Å². The van der Waals surface area contributed by atoms with Crippen molar-refractivity contribution in [2.75, 3.05) is 7.11 Å². The molecule has 0 heterocycles. The molecule has 0 fully saturated rings. The van der Waals surface area contributed by atoms with Gasteiger partial charge in [-0.2, -0.15) is 0 Å². The van der Waals surface area contributed by atoms with Crippen molar-refractivity contribution < 1.29 is 24.5 Å². The molecule has 90 valence electrons. The Morgan fingerprint density at radius 3 is 2.47 bits per heavy atom. The number of carbonyl (C=O) groups is 2. The molecule has 0 radical (unpaired) electrons. The van der Waals surface area contributed by atoms with Gasteiger partial charge >= 0.3 is 5.97 Å². The van der Waals surface area contributed by atoms with Gasteiger partial charge in [-0.1, -0.05) is 11.6 Å². The third-order valence-corrected chi connectivity index (χ3v) is 2.22. The van der Waals surface area contributed by atoms with Gasteiger partial charge in [0.1, 0.15) is 11.5 Å². The summed E-state index contributed by atoms with van der Waals surface area (Å²) >= 11 is 5.81. The number of halogens is 1. The van der Waals surface area contributed by atoms with E-state index in [0.717, 1.165) is 0 Å². The van der Waals surface area contributed by atoms with E-state index in [4.69, 9.17) is 21.4 Å². The number of aliphatic carboxylic acids is 1. The van der Waals surface area contributed by atoms with Gasteiger partial charge in [-0.05, 0) is 18.2 Å². The topological polar surface area (TPSA) is 83.8 Å². The van der Waals surface area contributed by atoms with Crippen molar-refractivity contribution in [1.29, 1.82) is 0 Å². The molecule has 1 aromatic rings. The van der Waals surface area contributed by atoms with Crippen LogP contribution >= 0.6 is 11.6 Å². The minimum absolute atomic E-state index is 0.227. The first-order valence-electron chi connectivity index (χ1n) is 4.47. The lowest BCUT2D eigenvalue weighted by Gasteiger charge is -2.05. The molecule has 17 heavy (non-hydrogen) atoms. The van der Waals surface area contributed by atoms with E-state index in [-0.39, 0.29) is 10.6 Å². The maximum Gasteiger partial charge on any atom is 0.376 e. The molecule has 0 aliphatic rings. The summed E-state index contributed by atoms with van der Waals surface area (Å²) in [6.45, 7) is 0. The van der Waals surface area contributed by atoms with Gasteiger partial charge in [-0.25, -0.2) is 4.79 Å². The average Bonchev–Trinajstić information content (AvgIpc) is 2.28. The van der Waals surface area contributed by atoms with E-state index in [1.165, 1.54) is 25.3 Å². The quantitative estimate of drug-likeness (QED) is 0.488. The van der Waals surface area contributed by atoms with E-state index in [2.05, 4.69) is 0 Å². The van der Waals surface area contributed by atoms with Gasteiger partial charge in [0.15, 0.2) is 0 Å². The van der Waals surface area contributed by atoms with Crippen LogP contribution in [0.5, 0.6) is 5.75 Å². The largest absolute Gasteiger partial charge is 0.507 e. The highest BCUT2D eigenvalue weighted by molar-refractivity contribution is 6.38. The Bertz CT molecular complexity index is 493. The summed E-state index contributed by atoms with van der Waals surface area (Å²) in [5.41, 5.74) is 0.227. The summed E-state index contributed by atoms with van der Waals surface area (Å²) in [4.78, 5) is 21.1. The zero-order chi connectivity index (χ0) is 13.0. The zero-order valence-corrected chi connectivity index (χ0v) is 9.56. The predicted octanol–water partition coefficient (Wildman–Crippen LogP) is 1.90. The Kier molecular flexibility index (Phi) is 4.12. The standard InChI is InChI=1S/C11H9ClO5/c1-17-10-3-2-6(4-7(10)12)8(13)5-9(14)11(15)16/h2-5,13H,1H3,(H,15,16). The smallest absolute Gasteiger partial charge is 0.376 e. The molecule has 0 saturated carbocycles. The highest BCUT2D eigenvalue weighted by Crippen LogP contribution is 2.27. The number of aliphatic hydroxyl groups excluding tert-OH is 1. The van der Waals surface area contributed by atoms with Crippen LogP contribution in [0.15, 0.2) is 24.3 Å². The molecule has 1 rings (SSSR count). The molecule has 0 atom stereocenters. The molecule has 0 amide bonds. The maximum absolute atomic E-state index is 10.8. The van der Waals surface area contributed by atoms with Crippen LogP contribution in [0.2, 0.25) is 5.02 Å². The van der Waals surface area contributed by atoms with E-state index < -0.39 is 17.5 Å². The first-order chi connectivity index (χ1) is 7.95. The minimum Gasteiger partial charge on any atom is -0.507 e. The van der Waals surface area contributed by atoms with Crippen molar-refractivity contribution in [2.45, 2.75) is 0 Å². The molecule has 5 nitrogen and oxygen atoms in total. The lowest BCUT2D eigenvalue weighted by atomic mass is 10.1. The first-order valence-corrected chi connectivity index (χ1v) is 4.85. The Labute approximate surface area is 102 Å². The number of carboxylic acids is 1. The van der Waals surface area contributed by atoms with Crippen LogP contribution in [0, 0.1) is 0 Å². The van der Waals surface area contributed by atoms with Gasteiger partial charge in [0.2, 0.25) is 0 Å². The van der Waals surface area contributed by atoms with Crippen LogP contribution in [0.3, 0.4) is 0 Å². The molecule has 0 bridgehead atoms.